The number of benzene rings is 2. The number of aryl methyl sites for hydroxylation is 2. The molecule has 1 amide bonds. The van der Waals surface area contributed by atoms with Gasteiger partial charge in [0.2, 0.25) is 5.91 Å². The summed E-state index contributed by atoms with van der Waals surface area (Å²) >= 11 is 0. The summed E-state index contributed by atoms with van der Waals surface area (Å²) in [5, 5.41) is 2.82. The zero-order valence-corrected chi connectivity index (χ0v) is 15.2. The lowest BCUT2D eigenvalue weighted by atomic mass is 10.2. The number of nitrogens with one attached hydrogen (secondary N) is 1. The Morgan fingerprint density at radius 1 is 1.15 bits per heavy atom. The molecule has 0 saturated carbocycles. The number of para-hydroxylation sites is 1. The summed E-state index contributed by atoms with van der Waals surface area (Å²) in [4.78, 5) is 29.6. The molecular formula is C21H20FN3O2. The molecule has 3 rings (SSSR count). The smallest absolute Gasteiger partial charge is 0.254 e. The zero-order chi connectivity index (χ0) is 19.4. The van der Waals surface area contributed by atoms with Gasteiger partial charge in [0.15, 0.2) is 0 Å². The van der Waals surface area contributed by atoms with E-state index in [2.05, 4.69) is 10.3 Å². The van der Waals surface area contributed by atoms with Gasteiger partial charge in [-0.3, -0.25) is 14.2 Å². The predicted molar refractivity (Wildman–Crippen MR) is 103 cm³/mol. The molecule has 1 aromatic heterocycles. The van der Waals surface area contributed by atoms with Crippen LogP contribution in [0.25, 0.3) is 11.4 Å². The highest BCUT2D eigenvalue weighted by atomic mass is 19.1. The topological polar surface area (TPSA) is 64.0 Å². The third kappa shape index (κ3) is 4.28. The molecule has 0 radical (unpaired) electrons. The number of amides is 1. The van der Waals surface area contributed by atoms with E-state index in [1.807, 2.05) is 32.0 Å². The molecule has 2 aromatic carbocycles. The molecule has 3 aromatic rings. The molecule has 0 bridgehead atoms. The van der Waals surface area contributed by atoms with Gasteiger partial charge in [-0.15, -0.1) is 0 Å². The van der Waals surface area contributed by atoms with E-state index in [1.165, 1.54) is 22.8 Å². The lowest BCUT2D eigenvalue weighted by Gasteiger charge is -2.14. The number of halogens is 1. The SMILES string of the molecule is CCc1cc(=O)n(CC(=O)Nc2ccccc2C)c(-c2ccc(F)cc2)n1. The maximum atomic E-state index is 13.3. The highest BCUT2D eigenvalue weighted by Gasteiger charge is 2.14. The molecule has 0 atom stereocenters. The van der Waals surface area contributed by atoms with Crippen molar-refractivity contribution in [3.8, 4) is 11.4 Å². The summed E-state index contributed by atoms with van der Waals surface area (Å²) in [6, 6.07) is 14.5. The van der Waals surface area contributed by atoms with Crippen molar-refractivity contribution in [1.29, 1.82) is 0 Å². The summed E-state index contributed by atoms with van der Waals surface area (Å²) in [6.07, 6.45) is 0.583. The van der Waals surface area contributed by atoms with Gasteiger partial charge in [-0.2, -0.15) is 0 Å². The monoisotopic (exact) mass is 365 g/mol. The van der Waals surface area contributed by atoms with E-state index < -0.39 is 0 Å². The van der Waals surface area contributed by atoms with Gasteiger partial charge in [0.05, 0.1) is 0 Å². The summed E-state index contributed by atoms with van der Waals surface area (Å²) in [5.74, 6) is -0.364. The normalized spacial score (nSPS) is 10.6. The van der Waals surface area contributed by atoms with Gasteiger partial charge in [-0.25, -0.2) is 9.37 Å². The van der Waals surface area contributed by atoms with Gasteiger partial charge >= 0.3 is 0 Å². The molecule has 0 aliphatic heterocycles. The van der Waals surface area contributed by atoms with Crippen LogP contribution in [0.4, 0.5) is 10.1 Å². The first-order valence-corrected chi connectivity index (χ1v) is 8.70. The van der Waals surface area contributed by atoms with Gasteiger partial charge < -0.3 is 5.32 Å². The Morgan fingerprint density at radius 2 is 1.85 bits per heavy atom. The standard InChI is InChI=1S/C21H20FN3O2/c1-3-17-12-20(27)25(21(23-17)15-8-10-16(22)11-9-15)13-19(26)24-18-7-5-4-6-14(18)2/h4-12H,3,13H2,1-2H3,(H,24,26). The summed E-state index contributed by atoms with van der Waals surface area (Å²) in [6.45, 7) is 3.60. The minimum Gasteiger partial charge on any atom is -0.324 e. The molecule has 5 nitrogen and oxygen atoms in total. The molecule has 27 heavy (non-hydrogen) atoms. The minimum atomic E-state index is -0.378. The summed E-state index contributed by atoms with van der Waals surface area (Å²) < 4.78 is 14.6. The van der Waals surface area contributed by atoms with Crippen LogP contribution in [0.1, 0.15) is 18.2 Å². The van der Waals surface area contributed by atoms with E-state index >= 15 is 0 Å². The van der Waals surface area contributed by atoms with Crippen LogP contribution in [0.5, 0.6) is 0 Å². The van der Waals surface area contributed by atoms with Crippen LogP contribution < -0.4 is 10.9 Å². The molecule has 1 heterocycles. The van der Waals surface area contributed by atoms with E-state index in [4.69, 9.17) is 0 Å². The van der Waals surface area contributed by atoms with Crippen LogP contribution in [0.2, 0.25) is 0 Å². The largest absolute Gasteiger partial charge is 0.324 e. The number of carbonyl (C=O) groups is 1. The van der Waals surface area contributed by atoms with E-state index in [0.29, 0.717) is 29.2 Å². The summed E-state index contributed by atoms with van der Waals surface area (Å²) in [5.41, 5.74) is 2.50. The first kappa shape index (κ1) is 18.5. The molecule has 0 aliphatic carbocycles. The molecule has 0 spiro atoms. The fraction of sp³-hybridized carbons (Fsp3) is 0.190. The van der Waals surface area contributed by atoms with Crippen LogP contribution in [-0.2, 0) is 17.8 Å². The van der Waals surface area contributed by atoms with Crippen molar-refractivity contribution in [2.45, 2.75) is 26.8 Å². The van der Waals surface area contributed by atoms with Crippen LogP contribution >= 0.6 is 0 Å². The van der Waals surface area contributed by atoms with Gasteiger partial charge in [0, 0.05) is 23.0 Å². The lowest BCUT2D eigenvalue weighted by Crippen LogP contribution is -2.30. The predicted octanol–water partition coefficient (Wildman–Crippen LogP) is 3.56. The van der Waals surface area contributed by atoms with Crippen LogP contribution in [0.3, 0.4) is 0 Å². The van der Waals surface area contributed by atoms with Crippen molar-refractivity contribution >= 4 is 11.6 Å². The number of hydrogen-bond acceptors (Lipinski definition) is 3. The van der Waals surface area contributed by atoms with Crippen molar-refractivity contribution in [2.24, 2.45) is 0 Å². The summed E-state index contributed by atoms with van der Waals surface area (Å²) in [7, 11) is 0. The maximum Gasteiger partial charge on any atom is 0.254 e. The average molecular weight is 365 g/mol. The van der Waals surface area contributed by atoms with Crippen molar-refractivity contribution in [2.75, 3.05) is 5.32 Å². The fourth-order valence-electron chi connectivity index (χ4n) is 2.75. The van der Waals surface area contributed by atoms with Gasteiger partial charge in [-0.05, 0) is 49.2 Å². The highest BCUT2D eigenvalue weighted by molar-refractivity contribution is 5.91. The van der Waals surface area contributed by atoms with E-state index in [0.717, 1.165) is 5.56 Å². The average Bonchev–Trinajstić information content (AvgIpc) is 2.66. The van der Waals surface area contributed by atoms with Crippen LogP contribution in [-0.4, -0.2) is 15.5 Å². The number of carbonyl (C=O) groups excluding carboxylic acids is 1. The van der Waals surface area contributed by atoms with Crippen molar-refractivity contribution < 1.29 is 9.18 Å². The molecule has 1 N–H and O–H groups in total. The maximum absolute atomic E-state index is 13.3. The van der Waals surface area contributed by atoms with E-state index in [9.17, 15) is 14.0 Å². The van der Waals surface area contributed by atoms with E-state index in [-0.39, 0.29) is 23.8 Å². The van der Waals surface area contributed by atoms with Crippen LogP contribution in [0.15, 0.2) is 59.4 Å². The van der Waals surface area contributed by atoms with Crippen molar-refractivity contribution in [1.82, 2.24) is 9.55 Å². The Balaban J connectivity index is 1.96. The Bertz CT molecular complexity index is 1030. The second kappa shape index (κ2) is 7.95. The number of nitrogens with zero attached hydrogens (tertiary/aromatic N) is 2. The van der Waals surface area contributed by atoms with Crippen molar-refractivity contribution in [3.63, 3.8) is 0 Å². The second-order valence-corrected chi connectivity index (χ2v) is 6.22. The zero-order valence-electron chi connectivity index (χ0n) is 15.2. The Labute approximate surface area is 156 Å². The highest BCUT2D eigenvalue weighted by Crippen LogP contribution is 2.18. The molecule has 0 unspecified atom stereocenters. The van der Waals surface area contributed by atoms with Crippen LogP contribution in [0, 0.1) is 12.7 Å². The molecule has 138 valence electrons. The van der Waals surface area contributed by atoms with Crippen molar-refractivity contribution in [3.05, 3.63) is 82.0 Å². The van der Waals surface area contributed by atoms with E-state index in [1.54, 1.807) is 18.2 Å². The third-order valence-electron chi connectivity index (χ3n) is 4.25. The number of anilines is 1. The second-order valence-electron chi connectivity index (χ2n) is 6.22. The molecule has 0 aliphatic rings. The number of hydrogen-bond donors (Lipinski definition) is 1. The Morgan fingerprint density at radius 3 is 2.52 bits per heavy atom. The quantitative estimate of drug-likeness (QED) is 0.752. The number of aromatic nitrogens is 2. The lowest BCUT2D eigenvalue weighted by molar-refractivity contribution is -0.116. The van der Waals surface area contributed by atoms with Gasteiger partial charge in [0.1, 0.15) is 18.2 Å². The molecule has 0 saturated heterocycles. The van der Waals surface area contributed by atoms with Gasteiger partial charge in [0.25, 0.3) is 5.56 Å². The molecular weight excluding hydrogens is 345 g/mol. The Kier molecular flexibility index (Phi) is 5.45. The fourth-order valence-corrected chi connectivity index (χ4v) is 2.75. The minimum absolute atomic E-state index is 0.184. The molecule has 0 fully saturated rings. The third-order valence-corrected chi connectivity index (χ3v) is 4.25. The molecule has 6 heteroatoms. The Hall–Kier alpha value is -3.28. The first-order valence-electron chi connectivity index (χ1n) is 8.70. The number of rotatable bonds is 5. The first-order chi connectivity index (χ1) is 13.0. The van der Waals surface area contributed by atoms with Gasteiger partial charge in [-0.1, -0.05) is 25.1 Å².